The molecule has 1 saturated heterocycles. The number of carbonyl (C=O) groups excluding carboxylic acids is 1. The average molecular weight is 332 g/mol. The monoisotopic (exact) mass is 332 g/mol. The lowest BCUT2D eigenvalue weighted by Crippen LogP contribution is -2.45. The maximum atomic E-state index is 12.5. The zero-order valence-electron chi connectivity index (χ0n) is 15.1. The summed E-state index contributed by atoms with van der Waals surface area (Å²) in [4.78, 5) is 16.8. The first-order valence-corrected chi connectivity index (χ1v) is 8.48. The quantitative estimate of drug-likeness (QED) is 0.751. The Morgan fingerprint density at radius 3 is 2.58 bits per heavy atom. The molecule has 5 nitrogen and oxygen atoms in total. The lowest BCUT2D eigenvalue weighted by atomic mass is 10.0. The zero-order valence-corrected chi connectivity index (χ0v) is 15.1. The molecule has 0 spiro atoms. The molecule has 0 unspecified atom stereocenters. The van der Waals surface area contributed by atoms with Gasteiger partial charge in [-0.3, -0.25) is 4.79 Å². The summed E-state index contributed by atoms with van der Waals surface area (Å²) in [6.07, 6.45) is 5.48. The van der Waals surface area contributed by atoms with Gasteiger partial charge in [-0.15, -0.1) is 0 Å². The molecule has 2 rings (SSSR count). The van der Waals surface area contributed by atoms with Gasteiger partial charge in [-0.25, -0.2) is 0 Å². The first-order valence-electron chi connectivity index (χ1n) is 8.48. The number of likely N-dealkylation sites (tertiary alicyclic amines) is 1. The van der Waals surface area contributed by atoms with Gasteiger partial charge in [0.05, 0.1) is 14.2 Å². The van der Waals surface area contributed by atoms with Crippen molar-refractivity contribution in [1.29, 1.82) is 0 Å². The lowest BCUT2D eigenvalue weighted by molar-refractivity contribution is -0.127. The highest BCUT2D eigenvalue weighted by atomic mass is 16.5. The molecule has 24 heavy (non-hydrogen) atoms. The maximum absolute atomic E-state index is 12.5. The first-order chi connectivity index (χ1) is 11.6. The van der Waals surface area contributed by atoms with E-state index in [4.69, 9.17) is 9.47 Å². The van der Waals surface area contributed by atoms with Crippen LogP contribution in [-0.4, -0.2) is 62.7 Å². The molecular weight excluding hydrogens is 304 g/mol. The summed E-state index contributed by atoms with van der Waals surface area (Å²) >= 11 is 0. The SMILES string of the molecule is CCN1CCC(N(C)C(=O)/C=C/c2cc(OC)ccc2OC)CC1. The molecule has 132 valence electrons. The highest BCUT2D eigenvalue weighted by Crippen LogP contribution is 2.25. The number of hydrogen-bond donors (Lipinski definition) is 0. The molecule has 1 aromatic carbocycles. The third kappa shape index (κ3) is 4.51. The van der Waals surface area contributed by atoms with Crippen LogP contribution in [0.25, 0.3) is 6.08 Å². The molecule has 1 fully saturated rings. The number of rotatable bonds is 6. The lowest BCUT2D eigenvalue weighted by Gasteiger charge is -2.35. The van der Waals surface area contributed by atoms with Gasteiger partial charge in [-0.1, -0.05) is 6.92 Å². The van der Waals surface area contributed by atoms with Crippen molar-refractivity contribution in [1.82, 2.24) is 9.80 Å². The van der Waals surface area contributed by atoms with E-state index < -0.39 is 0 Å². The predicted molar refractivity (Wildman–Crippen MR) is 96.5 cm³/mol. The Bertz CT molecular complexity index is 578. The zero-order chi connectivity index (χ0) is 17.5. The van der Waals surface area contributed by atoms with Gasteiger partial charge in [0.15, 0.2) is 0 Å². The van der Waals surface area contributed by atoms with Gasteiger partial charge in [-0.2, -0.15) is 0 Å². The molecule has 0 radical (unpaired) electrons. The summed E-state index contributed by atoms with van der Waals surface area (Å²) in [6, 6.07) is 5.86. The van der Waals surface area contributed by atoms with Crippen LogP contribution in [0.1, 0.15) is 25.3 Å². The molecule has 1 aliphatic rings. The number of piperidine rings is 1. The van der Waals surface area contributed by atoms with Crippen molar-refractivity contribution in [3.63, 3.8) is 0 Å². The second-order valence-electron chi connectivity index (χ2n) is 6.06. The van der Waals surface area contributed by atoms with E-state index >= 15 is 0 Å². The summed E-state index contributed by atoms with van der Waals surface area (Å²) in [5.41, 5.74) is 0.833. The Kier molecular flexibility index (Phi) is 6.67. The average Bonchev–Trinajstić information content (AvgIpc) is 2.65. The first kappa shape index (κ1) is 18.3. The van der Waals surface area contributed by atoms with Crippen LogP contribution >= 0.6 is 0 Å². The number of hydrogen-bond acceptors (Lipinski definition) is 4. The highest BCUT2D eigenvalue weighted by molar-refractivity contribution is 5.92. The molecule has 0 aromatic heterocycles. The highest BCUT2D eigenvalue weighted by Gasteiger charge is 2.23. The van der Waals surface area contributed by atoms with Gasteiger partial charge in [0.1, 0.15) is 11.5 Å². The fourth-order valence-electron chi connectivity index (χ4n) is 3.05. The molecule has 0 saturated carbocycles. The number of likely N-dealkylation sites (N-methyl/N-ethyl adjacent to an activating group) is 1. The summed E-state index contributed by atoms with van der Waals surface area (Å²) in [5, 5.41) is 0. The minimum atomic E-state index is 0.0230. The van der Waals surface area contributed by atoms with E-state index in [1.807, 2.05) is 30.1 Å². The standard InChI is InChI=1S/C19H28N2O3/c1-5-21-12-10-16(11-13-21)20(2)19(22)9-6-15-14-17(23-3)7-8-18(15)24-4/h6-9,14,16H,5,10-13H2,1-4H3/b9-6+. The molecule has 1 heterocycles. The fraction of sp³-hybridized carbons (Fsp3) is 0.526. The van der Waals surface area contributed by atoms with E-state index in [1.165, 1.54) is 0 Å². The Morgan fingerprint density at radius 2 is 2.00 bits per heavy atom. The van der Waals surface area contributed by atoms with Crippen LogP contribution in [0.15, 0.2) is 24.3 Å². The number of methoxy groups -OCH3 is 2. The van der Waals surface area contributed by atoms with Gasteiger partial charge < -0.3 is 19.3 Å². The fourth-order valence-corrected chi connectivity index (χ4v) is 3.05. The van der Waals surface area contributed by atoms with Crippen molar-refractivity contribution in [2.75, 3.05) is 40.9 Å². The maximum Gasteiger partial charge on any atom is 0.246 e. The van der Waals surface area contributed by atoms with Crippen LogP contribution in [0.4, 0.5) is 0 Å². The van der Waals surface area contributed by atoms with Crippen molar-refractivity contribution in [2.45, 2.75) is 25.8 Å². The van der Waals surface area contributed by atoms with Crippen LogP contribution in [0, 0.1) is 0 Å². The molecule has 0 N–H and O–H groups in total. The minimum absolute atomic E-state index is 0.0230. The van der Waals surface area contributed by atoms with Crippen molar-refractivity contribution in [2.24, 2.45) is 0 Å². The summed E-state index contributed by atoms with van der Waals surface area (Å²) in [7, 11) is 5.13. The number of amides is 1. The van der Waals surface area contributed by atoms with Crippen molar-refractivity contribution < 1.29 is 14.3 Å². The predicted octanol–water partition coefficient (Wildman–Crippen LogP) is 2.66. The molecule has 1 aromatic rings. The van der Waals surface area contributed by atoms with E-state index in [1.54, 1.807) is 26.4 Å². The molecule has 0 atom stereocenters. The molecule has 5 heteroatoms. The van der Waals surface area contributed by atoms with Crippen LogP contribution in [0.2, 0.25) is 0 Å². The smallest absolute Gasteiger partial charge is 0.246 e. The van der Waals surface area contributed by atoms with Crippen molar-refractivity contribution >= 4 is 12.0 Å². The Labute approximate surface area is 144 Å². The van der Waals surface area contributed by atoms with Crippen molar-refractivity contribution in [3.05, 3.63) is 29.8 Å². The Balaban J connectivity index is 2.02. The van der Waals surface area contributed by atoms with Crippen LogP contribution < -0.4 is 9.47 Å². The normalized spacial score (nSPS) is 16.3. The van der Waals surface area contributed by atoms with Crippen molar-refractivity contribution in [3.8, 4) is 11.5 Å². The number of ether oxygens (including phenoxy) is 2. The van der Waals surface area contributed by atoms with Crippen LogP contribution in [0.5, 0.6) is 11.5 Å². The third-order valence-electron chi connectivity index (χ3n) is 4.74. The van der Waals surface area contributed by atoms with Crippen LogP contribution in [-0.2, 0) is 4.79 Å². The topological polar surface area (TPSA) is 42.0 Å². The van der Waals surface area contributed by atoms with Gasteiger partial charge in [0, 0.05) is 37.8 Å². The second kappa shape index (κ2) is 8.73. The Morgan fingerprint density at radius 1 is 1.29 bits per heavy atom. The molecule has 1 aliphatic heterocycles. The van der Waals surface area contributed by atoms with Gasteiger partial charge in [0.2, 0.25) is 5.91 Å². The minimum Gasteiger partial charge on any atom is -0.497 e. The number of benzene rings is 1. The van der Waals surface area contributed by atoms with Gasteiger partial charge in [0.25, 0.3) is 0 Å². The van der Waals surface area contributed by atoms with E-state index in [9.17, 15) is 4.79 Å². The Hall–Kier alpha value is -2.01. The van der Waals surface area contributed by atoms with E-state index in [0.717, 1.165) is 49.5 Å². The molecule has 0 bridgehead atoms. The van der Waals surface area contributed by atoms with E-state index in [-0.39, 0.29) is 5.91 Å². The van der Waals surface area contributed by atoms with E-state index in [0.29, 0.717) is 6.04 Å². The number of nitrogens with zero attached hydrogens (tertiary/aromatic N) is 2. The van der Waals surface area contributed by atoms with Crippen LogP contribution in [0.3, 0.4) is 0 Å². The summed E-state index contributed by atoms with van der Waals surface area (Å²) in [6.45, 7) is 5.39. The largest absolute Gasteiger partial charge is 0.497 e. The number of carbonyl (C=O) groups is 1. The molecule has 1 amide bonds. The third-order valence-corrected chi connectivity index (χ3v) is 4.74. The second-order valence-corrected chi connectivity index (χ2v) is 6.06. The van der Waals surface area contributed by atoms with Gasteiger partial charge in [-0.05, 0) is 43.7 Å². The summed E-state index contributed by atoms with van der Waals surface area (Å²) < 4.78 is 10.6. The van der Waals surface area contributed by atoms with E-state index in [2.05, 4.69) is 11.8 Å². The molecule has 0 aliphatic carbocycles. The molecular formula is C19H28N2O3. The summed E-state index contributed by atoms with van der Waals surface area (Å²) in [5.74, 6) is 1.48. The van der Waals surface area contributed by atoms with Gasteiger partial charge >= 0.3 is 0 Å².